The number of aromatic nitrogens is 3. The molecule has 0 spiro atoms. The van der Waals surface area contributed by atoms with Gasteiger partial charge in [-0.15, -0.1) is 16.8 Å². The smallest absolute Gasteiger partial charge is 0.316 e. The molecule has 5 nitrogen and oxygen atoms in total. The first-order valence-corrected chi connectivity index (χ1v) is 8.45. The van der Waals surface area contributed by atoms with Crippen LogP contribution in [-0.2, 0) is 22.5 Å². The van der Waals surface area contributed by atoms with E-state index in [-0.39, 0.29) is 11.7 Å². The molecule has 0 N–H and O–H groups in total. The molecule has 1 aromatic heterocycles. The molecule has 1 aromatic rings. The van der Waals surface area contributed by atoms with Crippen LogP contribution in [0.1, 0.15) is 37.9 Å². The quantitative estimate of drug-likeness (QED) is 0.440. The number of methoxy groups -OCH3 is 1. The molecule has 1 aliphatic rings. The van der Waals surface area contributed by atoms with Gasteiger partial charge in [-0.05, 0) is 5.92 Å². The van der Waals surface area contributed by atoms with E-state index in [0.717, 1.165) is 17.4 Å². The van der Waals surface area contributed by atoms with Gasteiger partial charge in [0.05, 0.1) is 12.9 Å². The number of esters is 1. The van der Waals surface area contributed by atoms with Crippen LogP contribution in [-0.4, -0.2) is 33.6 Å². The molecule has 0 saturated heterocycles. The minimum atomic E-state index is -0.248. The molecule has 1 fully saturated rings. The highest BCUT2D eigenvalue weighted by molar-refractivity contribution is 7.99. The second kappa shape index (κ2) is 8.22. The molecule has 116 valence electrons. The fourth-order valence-electron chi connectivity index (χ4n) is 2.72. The van der Waals surface area contributed by atoms with Gasteiger partial charge in [-0.25, -0.2) is 0 Å². The third-order valence-corrected chi connectivity index (χ3v) is 4.79. The van der Waals surface area contributed by atoms with Crippen LogP contribution in [0.4, 0.5) is 0 Å². The van der Waals surface area contributed by atoms with E-state index in [1.165, 1.54) is 51.0 Å². The average molecular weight is 309 g/mol. The van der Waals surface area contributed by atoms with Crippen molar-refractivity contribution in [3.05, 3.63) is 18.5 Å². The monoisotopic (exact) mass is 309 g/mol. The zero-order chi connectivity index (χ0) is 15.1. The lowest BCUT2D eigenvalue weighted by atomic mass is 9.87. The van der Waals surface area contributed by atoms with Crippen molar-refractivity contribution in [3.8, 4) is 0 Å². The molecular formula is C15H23N3O2S. The summed E-state index contributed by atoms with van der Waals surface area (Å²) in [6.45, 7) is 4.48. The van der Waals surface area contributed by atoms with Crippen molar-refractivity contribution in [2.75, 3.05) is 12.9 Å². The van der Waals surface area contributed by atoms with E-state index >= 15 is 0 Å². The number of nitrogens with zero attached hydrogens (tertiary/aromatic N) is 3. The fourth-order valence-corrected chi connectivity index (χ4v) is 3.52. The molecule has 0 aliphatic heterocycles. The van der Waals surface area contributed by atoms with Gasteiger partial charge in [-0.2, -0.15) is 0 Å². The summed E-state index contributed by atoms with van der Waals surface area (Å²) in [4.78, 5) is 11.3. The lowest BCUT2D eigenvalue weighted by molar-refractivity contribution is -0.137. The Hall–Kier alpha value is -1.30. The van der Waals surface area contributed by atoms with Crippen molar-refractivity contribution in [3.63, 3.8) is 0 Å². The first-order valence-electron chi connectivity index (χ1n) is 7.47. The Morgan fingerprint density at radius 1 is 1.43 bits per heavy atom. The molecule has 21 heavy (non-hydrogen) atoms. The lowest BCUT2D eigenvalue weighted by Crippen LogP contribution is -2.14. The molecule has 0 radical (unpaired) electrons. The van der Waals surface area contributed by atoms with E-state index < -0.39 is 0 Å². The molecule has 0 amide bonds. The number of rotatable bonds is 7. The van der Waals surface area contributed by atoms with Gasteiger partial charge >= 0.3 is 5.97 Å². The fraction of sp³-hybridized carbons (Fsp3) is 0.667. The van der Waals surface area contributed by atoms with E-state index in [1.807, 2.05) is 6.08 Å². The Labute approximate surface area is 130 Å². The number of hydrogen-bond acceptors (Lipinski definition) is 5. The second-order valence-corrected chi connectivity index (χ2v) is 6.31. The third kappa shape index (κ3) is 4.59. The van der Waals surface area contributed by atoms with Crippen molar-refractivity contribution in [2.24, 2.45) is 5.92 Å². The lowest BCUT2D eigenvalue weighted by Gasteiger charge is -2.21. The van der Waals surface area contributed by atoms with Crippen LogP contribution in [0.2, 0.25) is 0 Å². The standard InChI is InChI=1S/C15H23N3O2S/c1-3-9-18-13(10-12-7-5-4-6-8-12)16-17-15(18)21-11-14(19)20-2/h3,12H,1,4-11H2,2H3. The van der Waals surface area contributed by atoms with Gasteiger partial charge in [0.25, 0.3) is 0 Å². The van der Waals surface area contributed by atoms with E-state index in [4.69, 9.17) is 0 Å². The van der Waals surface area contributed by atoms with E-state index in [2.05, 4.69) is 26.1 Å². The molecule has 0 unspecified atom stereocenters. The van der Waals surface area contributed by atoms with E-state index in [0.29, 0.717) is 12.5 Å². The molecule has 0 atom stereocenters. The Morgan fingerprint density at radius 2 is 2.19 bits per heavy atom. The Bertz CT molecular complexity index is 481. The van der Waals surface area contributed by atoms with Gasteiger partial charge in [0, 0.05) is 13.0 Å². The van der Waals surface area contributed by atoms with Crippen molar-refractivity contribution in [2.45, 2.75) is 50.2 Å². The maximum absolute atomic E-state index is 11.3. The number of allylic oxidation sites excluding steroid dienone is 1. The number of carbonyl (C=O) groups is 1. The van der Waals surface area contributed by atoms with Gasteiger partial charge < -0.3 is 9.30 Å². The summed E-state index contributed by atoms with van der Waals surface area (Å²) in [7, 11) is 1.39. The topological polar surface area (TPSA) is 57.0 Å². The number of thioether (sulfide) groups is 1. The normalized spacial score (nSPS) is 15.9. The Balaban J connectivity index is 2.04. The Morgan fingerprint density at radius 3 is 2.86 bits per heavy atom. The first kappa shape index (κ1) is 16.1. The van der Waals surface area contributed by atoms with Crippen molar-refractivity contribution < 1.29 is 9.53 Å². The first-order chi connectivity index (χ1) is 10.2. The number of carbonyl (C=O) groups excluding carboxylic acids is 1. The molecule has 1 saturated carbocycles. The highest BCUT2D eigenvalue weighted by atomic mass is 32.2. The maximum atomic E-state index is 11.3. The summed E-state index contributed by atoms with van der Waals surface area (Å²) in [5, 5.41) is 9.32. The van der Waals surface area contributed by atoms with Crippen LogP contribution >= 0.6 is 11.8 Å². The molecule has 1 heterocycles. The van der Waals surface area contributed by atoms with Crippen LogP contribution in [0.3, 0.4) is 0 Å². The van der Waals surface area contributed by atoms with Gasteiger partial charge in [0.1, 0.15) is 5.82 Å². The summed E-state index contributed by atoms with van der Waals surface area (Å²) in [5.41, 5.74) is 0. The molecule has 0 aromatic carbocycles. The SMILES string of the molecule is C=CCn1c(CC2CCCCC2)nnc1SCC(=O)OC. The van der Waals surface area contributed by atoms with Crippen molar-refractivity contribution in [1.29, 1.82) is 0 Å². The molecule has 0 bridgehead atoms. The summed E-state index contributed by atoms with van der Waals surface area (Å²) >= 11 is 1.37. The van der Waals surface area contributed by atoms with Gasteiger partial charge in [-0.3, -0.25) is 4.79 Å². The summed E-state index contributed by atoms with van der Waals surface area (Å²) in [6.07, 6.45) is 9.39. The predicted molar refractivity (Wildman–Crippen MR) is 83.2 cm³/mol. The van der Waals surface area contributed by atoms with Gasteiger partial charge in [0.2, 0.25) is 0 Å². The van der Waals surface area contributed by atoms with Crippen LogP contribution < -0.4 is 0 Å². The minimum absolute atomic E-state index is 0.248. The second-order valence-electron chi connectivity index (χ2n) is 5.37. The van der Waals surface area contributed by atoms with Crippen LogP contribution in [0.5, 0.6) is 0 Å². The van der Waals surface area contributed by atoms with Gasteiger partial charge in [0.15, 0.2) is 5.16 Å². The van der Waals surface area contributed by atoms with Crippen LogP contribution in [0.25, 0.3) is 0 Å². The average Bonchev–Trinajstić information content (AvgIpc) is 2.88. The molecule has 6 heteroatoms. The minimum Gasteiger partial charge on any atom is -0.468 e. The number of hydrogen-bond donors (Lipinski definition) is 0. The molecular weight excluding hydrogens is 286 g/mol. The molecule has 1 aliphatic carbocycles. The molecule has 2 rings (SSSR count). The van der Waals surface area contributed by atoms with E-state index in [1.54, 1.807) is 0 Å². The van der Waals surface area contributed by atoms with Crippen molar-refractivity contribution in [1.82, 2.24) is 14.8 Å². The summed E-state index contributed by atoms with van der Waals surface area (Å²) in [5.74, 6) is 1.73. The highest BCUT2D eigenvalue weighted by Crippen LogP contribution is 2.27. The number of ether oxygens (including phenoxy) is 1. The maximum Gasteiger partial charge on any atom is 0.316 e. The van der Waals surface area contributed by atoms with Crippen molar-refractivity contribution >= 4 is 17.7 Å². The zero-order valence-electron chi connectivity index (χ0n) is 12.6. The zero-order valence-corrected chi connectivity index (χ0v) is 13.4. The Kier molecular flexibility index (Phi) is 6.29. The predicted octanol–water partition coefficient (Wildman–Crippen LogP) is 2.85. The summed E-state index contributed by atoms with van der Waals surface area (Å²) < 4.78 is 6.73. The van der Waals surface area contributed by atoms with Gasteiger partial charge in [-0.1, -0.05) is 49.9 Å². The third-order valence-electron chi connectivity index (χ3n) is 3.85. The van der Waals surface area contributed by atoms with Crippen LogP contribution in [0.15, 0.2) is 17.8 Å². The van der Waals surface area contributed by atoms with E-state index in [9.17, 15) is 4.79 Å². The largest absolute Gasteiger partial charge is 0.468 e. The van der Waals surface area contributed by atoms with Crippen LogP contribution in [0, 0.1) is 5.92 Å². The highest BCUT2D eigenvalue weighted by Gasteiger charge is 2.19. The summed E-state index contributed by atoms with van der Waals surface area (Å²) in [6, 6.07) is 0.